The van der Waals surface area contributed by atoms with Gasteiger partial charge in [0.25, 0.3) is 0 Å². The Morgan fingerprint density at radius 1 is 1.15 bits per heavy atom. The predicted octanol–water partition coefficient (Wildman–Crippen LogP) is 3.94. The molecule has 0 aromatic heterocycles. The molecule has 0 heterocycles. The topological polar surface area (TPSA) is 41.1 Å². The Balaban J connectivity index is 1.94. The summed E-state index contributed by atoms with van der Waals surface area (Å²) in [5.41, 5.74) is 0.645. The van der Waals surface area contributed by atoms with Crippen LogP contribution >= 0.6 is 11.6 Å². The van der Waals surface area contributed by atoms with Crippen LogP contribution in [0.25, 0.3) is 0 Å². The molecule has 0 unspecified atom stereocenters. The van der Waals surface area contributed by atoms with Gasteiger partial charge in [0.1, 0.15) is 11.6 Å². The molecule has 2 aromatic rings. The van der Waals surface area contributed by atoms with Crippen molar-refractivity contribution in [2.24, 2.45) is 0 Å². The first-order valence-electron chi connectivity index (χ1n) is 5.79. The summed E-state index contributed by atoms with van der Waals surface area (Å²) in [6, 6.07) is 9.38. The molecule has 2 rings (SSSR count). The molecule has 0 spiro atoms. The fourth-order valence-electron chi connectivity index (χ4n) is 1.57. The number of amides is 2. The van der Waals surface area contributed by atoms with E-state index < -0.39 is 17.7 Å². The quantitative estimate of drug-likeness (QED) is 0.885. The second-order valence-electron chi connectivity index (χ2n) is 4.02. The van der Waals surface area contributed by atoms with Crippen molar-refractivity contribution in [2.75, 3.05) is 5.32 Å². The number of urea groups is 1. The Hall–Kier alpha value is -2.14. The van der Waals surface area contributed by atoms with E-state index in [1.807, 2.05) is 0 Å². The molecule has 0 saturated carbocycles. The van der Waals surface area contributed by atoms with E-state index in [-0.39, 0.29) is 12.1 Å². The van der Waals surface area contributed by atoms with Crippen molar-refractivity contribution in [3.63, 3.8) is 0 Å². The lowest BCUT2D eigenvalue weighted by molar-refractivity contribution is 0.251. The molecular weight excluding hydrogens is 286 g/mol. The van der Waals surface area contributed by atoms with Gasteiger partial charge in [-0.1, -0.05) is 29.8 Å². The van der Waals surface area contributed by atoms with Gasteiger partial charge in [-0.15, -0.1) is 0 Å². The zero-order valence-electron chi connectivity index (χ0n) is 10.3. The lowest BCUT2D eigenvalue weighted by Gasteiger charge is -2.09. The normalized spacial score (nSPS) is 10.2. The molecule has 3 nitrogen and oxygen atoms in total. The van der Waals surface area contributed by atoms with Gasteiger partial charge in [-0.2, -0.15) is 0 Å². The molecule has 0 radical (unpaired) electrons. The van der Waals surface area contributed by atoms with E-state index in [2.05, 4.69) is 10.6 Å². The third-order valence-corrected chi connectivity index (χ3v) is 2.91. The standard InChI is InChI=1S/C14H11ClF2N2O/c15-11-3-1-2-4-13(11)19-14(20)18-8-9-5-6-10(16)7-12(9)17/h1-7H,8H2,(H2,18,19,20). The molecule has 20 heavy (non-hydrogen) atoms. The lowest BCUT2D eigenvalue weighted by Crippen LogP contribution is -2.28. The predicted molar refractivity (Wildman–Crippen MR) is 73.7 cm³/mol. The SMILES string of the molecule is O=C(NCc1ccc(F)cc1F)Nc1ccccc1Cl. The highest BCUT2D eigenvalue weighted by Crippen LogP contribution is 2.20. The smallest absolute Gasteiger partial charge is 0.319 e. The largest absolute Gasteiger partial charge is 0.334 e. The van der Waals surface area contributed by atoms with Gasteiger partial charge in [-0.3, -0.25) is 0 Å². The van der Waals surface area contributed by atoms with Crippen molar-refractivity contribution < 1.29 is 13.6 Å². The van der Waals surface area contributed by atoms with Crippen LogP contribution in [0, 0.1) is 11.6 Å². The Morgan fingerprint density at radius 3 is 2.60 bits per heavy atom. The summed E-state index contributed by atoms with van der Waals surface area (Å²) in [7, 11) is 0. The first kappa shape index (κ1) is 14.3. The van der Waals surface area contributed by atoms with E-state index in [9.17, 15) is 13.6 Å². The number of carbonyl (C=O) groups excluding carboxylic acids is 1. The highest BCUT2D eigenvalue weighted by Gasteiger charge is 2.07. The molecule has 0 aliphatic heterocycles. The minimum atomic E-state index is -0.706. The van der Waals surface area contributed by atoms with E-state index in [0.29, 0.717) is 10.7 Å². The van der Waals surface area contributed by atoms with Crippen LogP contribution in [0.5, 0.6) is 0 Å². The highest BCUT2D eigenvalue weighted by atomic mass is 35.5. The van der Waals surface area contributed by atoms with E-state index in [4.69, 9.17) is 11.6 Å². The fourth-order valence-corrected chi connectivity index (χ4v) is 1.75. The molecule has 2 N–H and O–H groups in total. The summed E-state index contributed by atoms with van der Waals surface area (Å²) in [5.74, 6) is -1.37. The first-order chi connectivity index (χ1) is 9.56. The summed E-state index contributed by atoms with van der Waals surface area (Å²) in [6.07, 6.45) is 0. The van der Waals surface area contributed by atoms with Crippen LogP contribution in [0.15, 0.2) is 42.5 Å². The van der Waals surface area contributed by atoms with E-state index in [0.717, 1.165) is 12.1 Å². The molecule has 0 aliphatic carbocycles. The van der Waals surface area contributed by atoms with Gasteiger partial charge in [-0.25, -0.2) is 13.6 Å². The zero-order chi connectivity index (χ0) is 14.5. The Morgan fingerprint density at radius 2 is 1.90 bits per heavy atom. The first-order valence-corrected chi connectivity index (χ1v) is 6.17. The number of nitrogens with one attached hydrogen (secondary N) is 2. The van der Waals surface area contributed by atoms with Crippen molar-refractivity contribution in [2.45, 2.75) is 6.54 Å². The molecule has 2 aromatic carbocycles. The molecular formula is C14H11ClF2N2O. The van der Waals surface area contributed by atoms with E-state index >= 15 is 0 Å². The maximum atomic E-state index is 13.4. The second kappa shape index (κ2) is 6.34. The molecule has 0 fully saturated rings. The minimum absolute atomic E-state index is 0.0532. The van der Waals surface area contributed by atoms with E-state index in [1.54, 1.807) is 24.3 Å². The van der Waals surface area contributed by atoms with Gasteiger partial charge < -0.3 is 10.6 Å². The number of benzene rings is 2. The molecule has 0 atom stereocenters. The molecule has 2 amide bonds. The second-order valence-corrected chi connectivity index (χ2v) is 4.43. The number of halogens is 3. The molecule has 0 saturated heterocycles. The van der Waals surface area contributed by atoms with Crippen LogP contribution in [0.1, 0.15) is 5.56 Å². The summed E-state index contributed by atoms with van der Waals surface area (Å²) < 4.78 is 26.1. The molecule has 6 heteroatoms. The molecule has 104 valence electrons. The van der Waals surface area contributed by atoms with Gasteiger partial charge in [0.2, 0.25) is 0 Å². The number of rotatable bonds is 3. The van der Waals surface area contributed by atoms with Gasteiger partial charge in [0, 0.05) is 18.2 Å². The Labute approximate surface area is 119 Å². The molecule has 0 bridgehead atoms. The van der Waals surface area contributed by atoms with Crippen LogP contribution in [-0.4, -0.2) is 6.03 Å². The van der Waals surface area contributed by atoms with E-state index in [1.165, 1.54) is 6.07 Å². The zero-order valence-corrected chi connectivity index (χ0v) is 11.0. The summed E-state index contributed by atoms with van der Waals surface area (Å²) >= 11 is 5.88. The molecule has 0 aliphatic rings. The van der Waals surface area contributed by atoms with Crippen molar-refractivity contribution in [3.8, 4) is 0 Å². The van der Waals surface area contributed by atoms with Gasteiger partial charge in [0.15, 0.2) is 0 Å². The highest BCUT2D eigenvalue weighted by molar-refractivity contribution is 6.33. The summed E-state index contributed by atoms with van der Waals surface area (Å²) in [4.78, 5) is 11.6. The van der Waals surface area contributed by atoms with Crippen molar-refractivity contribution in [1.82, 2.24) is 5.32 Å². The van der Waals surface area contributed by atoms with Gasteiger partial charge in [0.05, 0.1) is 10.7 Å². The van der Waals surface area contributed by atoms with Crippen LogP contribution in [0.4, 0.5) is 19.3 Å². The van der Waals surface area contributed by atoms with Crippen LogP contribution in [0.3, 0.4) is 0 Å². The number of carbonyl (C=O) groups is 1. The number of hydrogen-bond acceptors (Lipinski definition) is 1. The van der Waals surface area contributed by atoms with Crippen LogP contribution < -0.4 is 10.6 Å². The fraction of sp³-hybridized carbons (Fsp3) is 0.0714. The monoisotopic (exact) mass is 296 g/mol. The summed E-state index contributed by atoms with van der Waals surface area (Å²) in [6.45, 7) is -0.0532. The van der Waals surface area contributed by atoms with Gasteiger partial charge in [-0.05, 0) is 18.2 Å². The third kappa shape index (κ3) is 3.68. The number of anilines is 1. The number of hydrogen-bond donors (Lipinski definition) is 2. The third-order valence-electron chi connectivity index (χ3n) is 2.58. The summed E-state index contributed by atoms with van der Waals surface area (Å²) in [5, 5.41) is 5.40. The average Bonchev–Trinajstić information content (AvgIpc) is 2.40. The van der Waals surface area contributed by atoms with Crippen LogP contribution in [0.2, 0.25) is 5.02 Å². The minimum Gasteiger partial charge on any atom is -0.334 e. The Kier molecular flexibility index (Phi) is 4.53. The van der Waals surface area contributed by atoms with Crippen molar-refractivity contribution >= 4 is 23.3 Å². The van der Waals surface area contributed by atoms with Crippen molar-refractivity contribution in [1.29, 1.82) is 0 Å². The maximum absolute atomic E-state index is 13.4. The van der Waals surface area contributed by atoms with Gasteiger partial charge >= 0.3 is 6.03 Å². The Bertz CT molecular complexity index is 634. The number of para-hydroxylation sites is 1. The average molecular weight is 297 g/mol. The van der Waals surface area contributed by atoms with Crippen LogP contribution in [-0.2, 0) is 6.54 Å². The lowest BCUT2D eigenvalue weighted by atomic mass is 10.2. The van der Waals surface area contributed by atoms with Crippen molar-refractivity contribution in [3.05, 3.63) is 64.7 Å². The maximum Gasteiger partial charge on any atom is 0.319 e.